The number of ether oxygens (including phenoxy) is 12. The minimum atomic E-state index is -1.71. The van der Waals surface area contributed by atoms with E-state index in [1.807, 2.05) is 0 Å². The van der Waals surface area contributed by atoms with E-state index in [1.54, 1.807) is 0 Å². The first kappa shape index (κ1) is 47.0. The van der Waals surface area contributed by atoms with Gasteiger partial charge in [-0.1, -0.05) is 12.1 Å². The van der Waals surface area contributed by atoms with Crippen molar-refractivity contribution in [2.24, 2.45) is 0 Å². The number of esters is 8. The number of hydrogen-bond donors (Lipinski definition) is 0. The molecule has 5 rings (SSSR count). The highest BCUT2D eigenvalue weighted by molar-refractivity contribution is 5.83. The molecule has 22 nitrogen and oxygen atoms in total. The molecule has 2 aromatic carbocycles. The lowest BCUT2D eigenvalue weighted by Gasteiger charge is -2.43. The average molecular weight is 887 g/mol. The van der Waals surface area contributed by atoms with E-state index < -0.39 is 115 Å². The molecular weight excluding hydrogens is 844 g/mol. The summed E-state index contributed by atoms with van der Waals surface area (Å²) in [5.74, 6) is -7.25. The molecule has 22 heteroatoms. The molecule has 2 aliphatic heterocycles. The van der Waals surface area contributed by atoms with Crippen LogP contribution in [-0.4, -0.2) is 123 Å². The summed E-state index contributed by atoms with van der Waals surface area (Å²) in [6, 6.07) is 9.80. The molecule has 0 saturated carbocycles. The van der Waals surface area contributed by atoms with E-state index >= 15 is 0 Å². The predicted molar refractivity (Wildman–Crippen MR) is 204 cm³/mol. The third kappa shape index (κ3) is 11.3. The van der Waals surface area contributed by atoms with E-state index in [0.29, 0.717) is 5.56 Å². The van der Waals surface area contributed by atoms with Gasteiger partial charge >= 0.3 is 47.8 Å². The Morgan fingerprint density at radius 2 is 0.873 bits per heavy atom. The molecule has 0 unspecified atom stereocenters. The van der Waals surface area contributed by atoms with Crippen LogP contribution in [0.5, 0.6) is 11.5 Å². The highest BCUT2D eigenvalue weighted by Gasteiger charge is 2.57. The lowest BCUT2D eigenvalue weighted by Crippen LogP contribution is -2.64. The lowest BCUT2D eigenvalue weighted by atomic mass is 9.97. The van der Waals surface area contributed by atoms with Crippen molar-refractivity contribution >= 4 is 58.7 Å². The summed E-state index contributed by atoms with van der Waals surface area (Å²) in [6.07, 6.45) is -15.1. The van der Waals surface area contributed by atoms with Crippen molar-refractivity contribution in [3.05, 3.63) is 59.0 Å². The third-order valence-corrected chi connectivity index (χ3v) is 9.09. The van der Waals surface area contributed by atoms with Crippen LogP contribution in [0.15, 0.2) is 57.9 Å². The summed E-state index contributed by atoms with van der Waals surface area (Å²) < 4.78 is 71.0. The molecule has 2 fully saturated rings. The quantitative estimate of drug-likeness (QED) is 0.174. The fraction of sp³-hybridized carbons (Fsp3) is 0.439. The zero-order chi connectivity index (χ0) is 46.3. The molecule has 0 radical (unpaired) electrons. The minimum absolute atomic E-state index is 0.0143. The first-order chi connectivity index (χ1) is 29.8. The first-order valence-electron chi connectivity index (χ1n) is 18.8. The topological polar surface area (TPSA) is 278 Å². The van der Waals surface area contributed by atoms with Gasteiger partial charge in [-0.05, 0) is 29.8 Å². The van der Waals surface area contributed by atoms with Gasteiger partial charge in [0.05, 0.1) is 25.2 Å². The second-order valence-corrected chi connectivity index (χ2v) is 13.7. The first-order valence-corrected chi connectivity index (χ1v) is 18.8. The zero-order valence-corrected chi connectivity index (χ0v) is 34.9. The Hall–Kier alpha value is -7.07. The Morgan fingerprint density at radius 3 is 1.29 bits per heavy atom. The van der Waals surface area contributed by atoms with Crippen LogP contribution in [0.25, 0.3) is 22.1 Å². The van der Waals surface area contributed by atoms with Crippen molar-refractivity contribution in [3.63, 3.8) is 0 Å². The number of fused-ring (bicyclic) bond motifs is 1. The van der Waals surface area contributed by atoms with Crippen LogP contribution in [0.4, 0.5) is 0 Å². The molecule has 0 N–H and O–H groups in total. The standard InChI is InChI=1S/C41H42O22/c1-17(42)54-30-32(56-19(3)44)36(58-21(5)46)40(62-34(30)38(49)51-7)60-24-11-9-23(10-12-24)27-16-53-28-15-25(13-14-26(28)29(27)48)61-41-37(59-22(6)47)33(57-20(4)45)31(55-18(2)43)35(63-41)39(50)52-8/h9-16,30-37,40-41H,1-8H3/t30-,31-,32-,33-,34-,35-,36+,37+,40+,41+/m0/s1. The highest BCUT2D eigenvalue weighted by Crippen LogP contribution is 2.34. The van der Waals surface area contributed by atoms with Gasteiger partial charge in [0, 0.05) is 47.6 Å². The number of rotatable bonds is 13. The van der Waals surface area contributed by atoms with Gasteiger partial charge in [0.25, 0.3) is 0 Å². The molecule has 0 aliphatic carbocycles. The number of carbonyl (C=O) groups is 8. The summed E-state index contributed by atoms with van der Waals surface area (Å²) in [4.78, 5) is 112. The Balaban J connectivity index is 1.42. The summed E-state index contributed by atoms with van der Waals surface area (Å²) >= 11 is 0. The summed E-state index contributed by atoms with van der Waals surface area (Å²) in [5.41, 5.74) is -0.0562. The van der Waals surface area contributed by atoms with Crippen LogP contribution < -0.4 is 14.9 Å². The van der Waals surface area contributed by atoms with Gasteiger partial charge in [0.2, 0.25) is 24.8 Å². The van der Waals surface area contributed by atoms with Crippen LogP contribution in [0.1, 0.15) is 41.5 Å². The van der Waals surface area contributed by atoms with Gasteiger partial charge < -0.3 is 61.3 Å². The van der Waals surface area contributed by atoms with Gasteiger partial charge in [-0.3, -0.25) is 33.6 Å². The molecule has 0 amide bonds. The molecule has 3 heterocycles. The Morgan fingerprint density at radius 1 is 0.492 bits per heavy atom. The van der Waals surface area contributed by atoms with E-state index in [4.69, 9.17) is 61.3 Å². The van der Waals surface area contributed by atoms with E-state index in [2.05, 4.69) is 0 Å². The smallest absolute Gasteiger partial charge is 0.339 e. The van der Waals surface area contributed by atoms with Crippen molar-refractivity contribution in [2.45, 2.75) is 103 Å². The summed E-state index contributed by atoms with van der Waals surface area (Å²) in [7, 11) is 2.09. The van der Waals surface area contributed by atoms with Gasteiger partial charge in [-0.25, -0.2) is 9.59 Å². The molecule has 1 aromatic heterocycles. The molecule has 2 saturated heterocycles. The number of benzene rings is 2. The van der Waals surface area contributed by atoms with Gasteiger partial charge in [-0.15, -0.1) is 0 Å². The molecule has 10 atom stereocenters. The molecule has 338 valence electrons. The molecule has 0 bridgehead atoms. The fourth-order valence-electron chi connectivity index (χ4n) is 6.71. The molecule has 2 aliphatic rings. The molecule has 3 aromatic rings. The Kier molecular flexibility index (Phi) is 15.1. The van der Waals surface area contributed by atoms with Gasteiger partial charge in [-0.2, -0.15) is 0 Å². The normalized spacial score (nSPS) is 25.3. The SMILES string of the molecule is COC(=O)[C@H]1O[C@@H](Oc2ccc(-c3coc4cc(O[C@@H]5O[C@H](C(=O)OC)[C@@H](OC(C)=O)[C@H](OC(C)=O)[C@H]5OC(C)=O)ccc4c3=O)cc2)[C@H](OC(C)=O)[C@@H](OC(C)=O)[C@@H]1OC(C)=O. The van der Waals surface area contributed by atoms with Crippen molar-refractivity contribution in [2.75, 3.05) is 14.2 Å². The van der Waals surface area contributed by atoms with Crippen LogP contribution >= 0.6 is 0 Å². The van der Waals surface area contributed by atoms with Crippen LogP contribution in [0.3, 0.4) is 0 Å². The van der Waals surface area contributed by atoms with Crippen molar-refractivity contribution in [1.82, 2.24) is 0 Å². The van der Waals surface area contributed by atoms with E-state index in [0.717, 1.165) is 62.0 Å². The number of carbonyl (C=O) groups excluding carboxylic acids is 8. The third-order valence-electron chi connectivity index (χ3n) is 9.09. The van der Waals surface area contributed by atoms with Crippen LogP contribution in [0, 0.1) is 0 Å². The second kappa shape index (κ2) is 20.2. The largest absolute Gasteiger partial charge is 0.467 e. The van der Waals surface area contributed by atoms with Crippen molar-refractivity contribution < 1.29 is 99.6 Å². The molecule has 63 heavy (non-hydrogen) atoms. The van der Waals surface area contributed by atoms with Gasteiger partial charge in [0.15, 0.2) is 42.1 Å². The highest BCUT2D eigenvalue weighted by atomic mass is 16.8. The maximum Gasteiger partial charge on any atom is 0.339 e. The van der Waals surface area contributed by atoms with Crippen molar-refractivity contribution in [3.8, 4) is 22.6 Å². The predicted octanol–water partition coefficient (Wildman–Crippen LogP) is 1.60. The number of hydrogen-bond acceptors (Lipinski definition) is 22. The zero-order valence-electron chi connectivity index (χ0n) is 34.9. The van der Waals surface area contributed by atoms with Crippen LogP contribution in [0.2, 0.25) is 0 Å². The Bertz CT molecular complexity index is 2300. The fourth-order valence-corrected chi connectivity index (χ4v) is 6.71. The molecular formula is C41H42O22. The van der Waals surface area contributed by atoms with E-state index in [-0.39, 0.29) is 28.0 Å². The monoisotopic (exact) mass is 886 g/mol. The van der Waals surface area contributed by atoms with Crippen molar-refractivity contribution in [1.29, 1.82) is 0 Å². The second-order valence-electron chi connectivity index (χ2n) is 13.7. The minimum Gasteiger partial charge on any atom is -0.467 e. The average Bonchev–Trinajstić information content (AvgIpc) is 3.20. The van der Waals surface area contributed by atoms with Crippen LogP contribution in [-0.2, 0) is 85.7 Å². The van der Waals surface area contributed by atoms with E-state index in [9.17, 15) is 43.2 Å². The number of methoxy groups -OCH3 is 2. The van der Waals surface area contributed by atoms with E-state index in [1.165, 1.54) is 42.5 Å². The summed E-state index contributed by atoms with van der Waals surface area (Å²) in [5, 5.41) is 0.0777. The molecule has 0 spiro atoms. The van der Waals surface area contributed by atoms with Gasteiger partial charge in [0.1, 0.15) is 23.3 Å². The Labute approximate surface area is 356 Å². The maximum absolute atomic E-state index is 13.8. The summed E-state index contributed by atoms with van der Waals surface area (Å²) in [6.45, 7) is 6.29. The maximum atomic E-state index is 13.8. The lowest BCUT2D eigenvalue weighted by molar-refractivity contribution is -0.282.